The molecule has 1 saturated heterocycles. The van der Waals surface area contributed by atoms with Crippen LogP contribution in [0, 0.1) is 5.92 Å². The third-order valence-corrected chi connectivity index (χ3v) is 6.47. The topological polar surface area (TPSA) is 75.4 Å². The van der Waals surface area contributed by atoms with Gasteiger partial charge in [0.05, 0.1) is 12.1 Å². The van der Waals surface area contributed by atoms with Crippen LogP contribution in [0.25, 0.3) is 0 Å². The zero-order valence-corrected chi connectivity index (χ0v) is 15.4. The van der Waals surface area contributed by atoms with Crippen LogP contribution in [-0.2, 0) is 17.6 Å². The first kappa shape index (κ1) is 17.4. The van der Waals surface area contributed by atoms with Crippen molar-refractivity contribution in [2.75, 3.05) is 18.4 Å². The van der Waals surface area contributed by atoms with Gasteiger partial charge in [0.15, 0.2) is 0 Å². The molecule has 1 aromatic rings. The lowest BCUT2D eigenvalue weighted by Gasteiger charge is -2.32. The minimum atomic E-state index is -0.427. The highest BCUT2D eigenvalue weighted by molar-refractivity contribution is 7.17. The number of nitrogens with two attached hydrogens (primary N) is 1. The second-order valence-electron chi connectivity index (χ2n) is 7.28. The number of piperidine rings is 1. The molecule has 1 aliphatic heterocycles. The van der Waals surface area contributed by atoms with Crippen molar-refractivity contribution in [3.8, 4) is 0 Å². The highest BCUT2D eigenvalue weighted by Gasteiger charge is 2.28. The van der Waals surface area contributed by atoms with Crippen molar-refractivity contribution in [3.05, 3.63) is 16.0 Å². The van der Waals surface area contributed by atoms with Gasteiger partial charge in [-0.25, -0.2) is 0 Å². The van der Waals surface area contributed by atoms with Gasteiger partial charge in [0, 0.05) is 10.9 Å². The Labute approximate surface area is 147 Å². The maximum Gasteiger partial charge on any atom is 0.251 e. The standard InChI is InChI=1S/C18H27N3O2S/c1-11-6-7-13-14(9-11)24-18(16(13)17(19)23)20-15(22)10-21-8-4-3-5-12(21)2/h11-12H,3-10H2,1-2H3,(H2,19,23)(H,20,22). The molecule has 0 radical (unpaired) electrons. The Morgan fingerprint density at radius 1 is 1.29 bits per heavy atom. The van der Waals surface area contributed by atoms with Crippen LogP contribution in [-0.4, -0.2) is 35.8 Å². The maximum absolute atomic E-state index is 12.5. The van der Waals surface area contributed by atoms with Crippen molar-refractivity contribution >= 4 is 28.2 Å². The number of hydrogen-bond donors (Lipinski definition) is 2. The SMILES string of the molecule is CC1CCc2c(sc(NC(=O)CN3CCCCC3C)c2C(N)=O)C1. The van der Waals surface area contributed by atoms with Gasteiger partial charge < -0.3 is 11.1 Å². The molecule has 3 rings (SSSR count). The van der Waals surface area contributed by atoms with Gasteiger partial charge in [-0.15, -0.1) is 11.3 Å². The summed E-state index contributed by atoms with van der Waals surface area (Å²) in [5.74, 6) is 0.149. The van der Waals surface area contributed by atoms with Crippen molar-refractivity contribution in [1.82, 2.24) is 4.90 Å². The summed E-state index contributed by atoms with van der Waals surface area (Å²) in [7, 11) is 0. The largest absolute Gasteiger partial charge is 0.365 e. The molecule has 2 atom stereocenters. The molecule has 6 heteroatoms. The van der Waals surface area contributed by atoms with Gasteiger partial charge >= 0.3 is 0 Å². The highest BCUT2D eigenvalue weighted by atomic mass is 32.1. The third-order valence-electron chi connectivity index (χ3n) is 5.30. The van der Waals surface area contributed by atoms with Crippen molar-refractivity contribution < 1.29 is 9.59 Å². The summed E-state index contributed by atoms with van der Waals surface area (Å²) in [6.07, 6.45) is 6.45. The Bertz CT molecular complexity index is 640. The molecule has 0 spiro atoms. The van der Waals surface area contributed by atoms with E-state index in [0.717, 1.165) is 44.2 Å². The average molecular weight is 350 g/mol. The fraction of sp³-hybridized carbons (Fsp3) is 0.667. The minimum absolute atomic E-state index is 0.0436. The molecule has 0 bridgehead atoms. The van der Waals surface area contributed by atoms with E-state index in [9.17, 15) is 9.59 Å². The van der Waals surface area contributed by atoms with E-state index in [1.165, 1.54) is 22.6 Å². The molecular weight excluding hydrogens is 322 g/mol. The van der Waals surface area contributed by atoms with Gasteiger partial charge in [-0.3, -0.25) is 14.5 Å². The Kier molecular flexibility index (Phi) is 5.25. The number of anilines is 1. The van der Waals surface area contributed by atoms with Gasteiger partial charge in [-0.2, -0.15) is 0 Å². The Morgan fingerprint density at radius 3 is 2.79 bits per heavy atom. The summed E-state index contributed by atoms with van der Waals surface area (Å²) in [5, 5.41) is 3.62. The Balaban J connectivity index is 1.74. The van der Waals surface area contributed by atoms with Crippen molar-refractivity contribution in [1.29, 1.82) is 0 Å². The second kappa shape index (κ2) is 7.23. The van der Waals surface area contributed by atoms with E-state index in [0.29, 0.717) is 29.1 Å². The number of nitrogens with zero attached hydrogens (tertiary/aromatic N) is 1. The summed E-state index contributed by atoms with van der Waals surface area (Å²) in [6.45, 7) is 5.75. The zero-order chi connectivity index (χ0) is 17.3. The molecule has 0 saturated carbocycles. The van der Waals surface area contributed by atoms with E-state index in [-0.39, 0.29) is 5.91 Å². The first-order chi connectivity index (χ1) is 11.5. The van der Waals surface area contributed by atoms with E-state index in [1.807, 2.05) is 0 Å². The van der Waals surface area contributed by atoms with Crippen molar-refractivity contribution in [2.45, 2.75) is 58.4 Å². The Hall–Kier alpha value is -1.40. The van der Waals surface area contributed by atoms with Gasteiger partial charge in [0.1, 0.15) is 5.00 Å². The van der Waals surface area contributed by atoms with Crippen LogP contribution in [0.3, 0.4) is 0 Å². The first-order valence-electron chi connectivity index (χ1n) is 8.94. The quantitative estimate of drug-likeness (QED) is 0.877. The number of carbonyl (C=O) groups excluding carboxylic acids is 2. The summed E-state index contributed by atoms with van der Waals surface area (Å²) < 4.78 is 0. The van der Waals surface area contributed by atoms with E-state index >= 15 is 0 Å². The molecule has 5 nitrogen and oxygen atoms in total. The zero-order valence-electron chi connectivity index (χ0n) is 14.6. The molecule has 1 fully saturated rings. The number of amides is 2. The summed E-state index contributed by atoms with van der Waals surface area (Å²) in [4.78, 5) is 27.8. The van der Waals surface area contributed by atoms with Crippen molar-refractivity contribution in [2.24, 2.45) is 11.7 Å². The second-order valence-corrected chi connectivity index (χ2v) is 8.39. The molecule has 2 unspecified atom stereocenters. The van der Waals surface area contributed by atoms with Gasteiger partial charge in [-0.05, 0) is 57.1 Å². The van der Waals surface area contributed by atoms with E-state index in [1.54, 1.807) is 0 Å². The number of fused-ring (bicyclic) bond motifs is 1. The molecule has 3 N–H and O–H groups in total. The molecule has 24 heavy (non-hydrogen) atoms. The number of carbonyl (C=O) groups is 2. The van der Waals surface area contributed by atoms with E-state index in [4.69, 9.17) is 5.73 Å². The number of nitrogens with one attached hydrogen (secondary N) is 1. The van der Waals surface area contributed by atoms with Crippen LogP contribution in [0.4, 0.5) is 5.00 Å². The fourth-order valence-electron chi connectivity index (χ4n) is 3.84. The van der Waals surface area contributed by atoms with Crippen LogP contribution in [0.2, 0.25) is 0 Å². The molecular formula is C18H27N3O2S. The number of primary amides is 1. The Morgan fingerprint density at radius 2 is 2.08 bits per heavy atom. The lowest BCUT2D eigenvalue weighted by molar-refractivity contribution is -0.118. The van der Waals surface area contributed by atoms with Crippen LogP contribution in [0.1, 0.15) is 60.3 Å². The summed E-state index contributed by atoms with van der Waals surface area (Å²) in [6, 6.07) is 0.442. The summed E-state index contributed by atoms with van der Waals surface area (Å²) >= 11 is 1.53. The lowest BCUT2D eigenvalue weighted by atomic mass is 9.88. The van der Waals surface area contributed by atoms with E-state index < -0.39 is 5.91 Å². The monoisotopic (exact) mass is 349 g/mol. The lowest BCUT2D eigenvalue weighted by Crippen LogP contribution is -2.42. The predicted molar refractivity (Wildman–Crippen MR) is 97.5 cm³/mol. The normalized spacial score (nSPS) is 24.4. The van der Waals surface area contributed by atoms with Gasteiger partial charge in [-0.1, -0.05) is 13.3 Å². The number of hydrogen-bond acceptors (Lipinski definition) is 4. The van der Waals surface area contributed by atoms with Crippen LogP contribution < -0.4 is 11.1 Å². The minimum Gasteiger partial charge on any atom is -0.365 e. The van der Waals surface area contributed by atoms with Crippen molar-refractivity contribution in [3.63, 3.8) is 0 Å². The van der Waals surface area contributed by atoms with Gasteiger partial charge in [0.25, 0.3) is 5.91 Å². The van der Waals surface area contributed by atoms with Crippen LogP contribution in [0.5, 0.6) is 0 Å². The third kappa shape index (κ3) is 3.64. The molecule has 2 heterocycles. The molecule has 1 aliphatic carbocycles. The molecule has 0 aromatic carbocycles. The number of likely N-dealkylation sites (tertiary alicyclic amines) is 1. The summed E-state index contributed by atoms with van der Waals surface area (Å²) in [5.41, 5.74) is 7.21. The molecule has 132 valence electrons. The smallest absolute Gasteiger partial charge is 0.251 e. The number of thiophene rings is 1. The van der Waals surface area contributed by atoms with Crippen LogP contribution in [0.15, 0.2) is 0 Å². The molecule has 2 amide bonds. The molecule has 2 aliphatic rings. The predicted octanol–water partition coefficient (Wildman–Crippen LogP) is 2.78. The van der Waals surface area contributed by atoms with Crippen LogP contribution >= 0.6 is 11.3 Å². The number of rotatable bonds is 4. The maximum atomic E-state index is 12.5. The highest BCUT2D eigenvalue weighted by Crippen LogP contribution is 2.39. The molecule has 1 aromatic heterocycles. The average Bonchev–Trinajstić information content (AvgIpc) is 2.86. The fourth-order valence-corrected chi connectivity index (χ4v) is 5.27. The first-order valence-corrected chi connectivity index (χ1v) is 9.75. The van der Waals surface area contributed by atoms with E-state index in [2.05, 4.69) is 24.1 Å². The van der Waals surface area contributed by atoms with Gasteiger partial charge in [0.2, 0.25) is 5.91 Å².